The van der Waals surface area contributed by atoms with E-state index in [1.165, 1.54) is 250 Å². The van der Waals surface area contributed by atoms with Crippen molar-refractivity contribution in [1.82, 2.24) is 5.32 Å². The van der Waals surface area contributed by atoms with Crippen LogP contribution in [0.15, 0.2) is 48.6 Å². The van der Waals surface area contributed by atoms with Gasteiger partial charge in [-0.3, -0.25) is 9.59 Å². The second kappa shape index (κ2) is 63.8. The number of aliphatic hydroxyl groups excluding tert-OH is 5. The molecule has 1 saturated heterocycles. The molecule has 6 N–H and O–H groups in total. The van der Waals surface area contributed by atoms with Gasteiger partial charge in [0.1, 0.15) is 24.4 Å². The first-order chi connectivity index (χ1) is 42.7. The van der Waals surface area contributed by atoms with E-state index in [9.17, 15) is 35.1 Å². The van der Waals surface area contributed by atoms with Gasteiger partial charge in [-0.25, -0.2) is 0 Å². The molecule has 0 aromatic rings. The summed E-state index contributed by atoms with van der Waals surface area (Å²) in [5.74, 6) is -1.18. The first-order valence-electron chi connectivity index (χ1n) is 37.4. The lowest BCUT2D eigenvalue weighted by Gasteiger charge is -2.41. The Balaban J connectivity index is 2.55. The Hall–Kier alpha value is -2.38. The van der Waals surface area contributed by atoms with E-state index in [0.717, 1.165) is 64.2 Å². The average molecular weight is 1230 g/mol. The summed E-state index contributed by atoms with van der Waals surface area (Å²) in [6, 6.07) is -1.02. The van der Waals surface area contributed by atoms with Crippen molar-refractivity contribution in [1.29, 1.82) is 0 Å². The molecular formula is C76H141NO10. The van der Waals surface area contributed by atoms with E-state index in [2.05, 4.69) is 62.5 Å². The standard InChI is InChI=1S/C76H141NO10/c1-4-7-10-13-16-19-22-25-27-29-31-33-34-35-36-37-39-41-43-46-49-52-55-58-61-64-71(81)87-74-73(83)72(82)70(65-78)86-76(74)85-66-67(68(79)62-59-56-53-50-47-44-24-21-18-15-12-9-6-3)77-75(84)69(80)63-60-57-54-51-48-45-42-40-38-32-30-28-26-23-20-17-14-11-8-5-2/h16,19,25-28,59,62,67-70,72-74,76,78-80,82-83H,4-15,17-18,20-24,29-58,60-61,63-66H2,1-3H3,(H,77,84)/b19-16-,27-25-,28-26+,62-59+. The largest absolute Gasteiger partial charge is 0.454 e. The Kier molecular flexibility index (Phi) is 60.6. The van der Waals surface area contributed by atoms with Crippen LogP contribution < -0.4 is 5.32 Å². The summed E-state index contributed by atoms with van der Waals surface area (Å²) < 4.78 is 17.7. The molecule has 0 saturated carbocycles. The number of aliphatic hydroxyl groups is 5. The van der Waals surface area contributed by atoms with Gasteiger partial charge in [-0.05, 0) is 83.5 Å². The summed E-state index contributed by atoms with van der Waals surface area (Å²) in [4.78, 5) is 26.7. The van der Waals surface area contributed by atoms with Gasteiger partial charge in [-0.2, -0.15) is 0 Å². The van der Waals surface area contributed by atoms with E-state index in [1.807, 2.05) is 6.08 Å². The predicted molar refractivity (Wildman–Crippen MR) is 366 cm³/mol. The zero-order valence-corrected chi connectivity index (χ0v) is 56.9. The molecule has 0 aromatic heterocycles. The summed E-state index contributed by atoms with van der Waals surface area (Å²) in [6.45, 7) is 5.82. The van der Waals surface area contributed by atoms with Crippen molar-refractivity contribution < 1.29 is 49.3 Å². The minimum absolute atomic E-state index is 0.126. The quantitative estimate of drug-likeness (QED) is 0.0195. The molecule has 0 spiro atoms. The maximum absolute atomic E-state index is 13.5. The monoisotopic (exact) mass is 1230 g/mol. The Morgan fingerprint density at radius 1 is 0.448 bits per heavy atom. The zero-order valence-electron chi connectivity index (χ0n) is 56.9. The molecule has 0 radical (unpaired) electrons. The Morgan fingerprint density at radius 3 is 1.21 bits per heavy atom. The van der Waals surface area contributed by atoms with Crippen LogP contribution in [0.3, 0.4) is 0 Å². The van der Waals surface area contributed by atoms with Gasteiger partial charge in [0.25, 0.3) is 0 Å². The highest BCUT2D eigenvalue weighted by Crippen LogP contribution is 2.26. The molecule has 8 atom stereocenters. The highest BCUT2D eigenvalue weighted by atomic mass is 16.7. The smallest absolute Gasteiger partial charge is 0.306 e. The summed E-state index contributed by atoms with van der Waals surface area (Å²) in [5.41, 5.74) is 0. The molecule has 0 aliphatic carbocycles. The molecule has 0 aromatic carbocycles. The second-order valence-corrected chi connectivity index (χ2v) is 26.0. The van der Waals surface area contributed by atoms with Gasteiger partial charge in [0.2, 0.25) is 5.91 Å². The van der Waals surface area contributed by atoms with Gasteiger partial charge in [-0.15, -0.1) is 0 Å². The Morgan fingerprint density at radius 2 is 0.793 bits per heavy atom. The number of nitrogens with one attached hydrogen (secondary N) is 1. The van der Waals surface area contributed by atoms with E-state index >= 15 is 0 Å². The molecule has 1 aliphatic rings. The van der Waals surface area contributed by atoms with Gasteiger partial charge in [0.05, 0.1) is 25.4 Å². The number of esters is 1. The van der Waals surface area contributed by atoms with Crippen LogP contribution >= 0.6 is 0 Å². The van der Waals surface area contributed by atoms with Crippen LogP contribution in [0, 0.1) is 0 Å². The van der Waals surface area contributed by atoms with E-state index < -0.39 is 67.4 Å². The molecule has 510 valence electrons. The zero-order chi connectivity index (χ0) is 63.1. The van der Waals surface area contributed by atoms with Crippen molar-refractivity contribution in [2.75, 3.05) is 13.2 Å². The van der Waals surface area contributed by atoms with Crippen LogP contribution in [-0.4, -0.2) is 99.6 Å². The fraction of sp³-hybridized carbons (Fsp3) is 0.868. The van der Waals surface area contributed by atoms with E-state index in [0.29, 0.717) is 19.3 Å². The first kappa shape index (κ1) is 82.6. The fourth-order valence-corrected chi connectivity index (χ4v) is 11.8. The third-order valence-corrected chi connectivity index (χ3v) is 17.7. The molecule has 1 heterocycles. The molecule has 1 amide bonds. The molecule has 87 heavy (non-hydrogen) atoms. The molecule has 1 fully saturated rings. The van der Waals surface area contributed by atoms with E-state index in [4.69, 9.17) is 14.2 Å². The number of allylic oxidation sites excluding steroid dienone is 7. The molecule has 11 heteroatoms. The van der Waals surface area contributed by atoms with Crippen molar-refractivity contribution in [2.45, 2.75) is 410 Å². The van der Waals surface area contributed by atoms with Gasteiger partial charge >= 0.3 is 5.97 Å². The molecule has 1 aliphatic heterocycles. The molecular weight excluding hydrogens is 1090 g/mol. The van der Waals surface area contributed by atoms with E-state index in [1.54, 1.807) is 6.08 Å². The number of unbranched alkanes of at least 4 members (excludes halogenated alkanes) is 45. The van der Waals surface area contributed by atoms with E-state index in [-0.39, 0.29) is 13.0 Å². The van der Waals surface area contributed by atoms with Crippen molar-refractivity contribution in [2.24, 2.45) is 0 Å². The fourth-order valence-electron chi connectivity index (χ4n) is 11.8. The van der Waals surface area contributed by atoms with Crippen molar-refractivity contribution in [3.63, 3.8) is 0 Å². The van der Waals surface area contributed by atoms with Crippen LogP contribution in [0.1, 0.15) is 361 Å². The number of amides is 1. The van der Waals surface area contributed by atoms with Crippen LogP contribution in [0.5, 0.6) is 0 Å². The Bertz CT molecular complexity index is 1600. The number of ether oxygens (including phenoxy) is 3. The first-order valence-corrected chi connectivity index (χ1v) is 37.4. The number of hydrogen-bond acceptors (Lipinski definition) is 10. The van der Waals surface area contributed by atoms with Gasteiger partial charge in [0.15, 0.2) is 12.4 Å². The second-order valence-electron chi connectivity index (χ2n) is 26.0. The Labute approximate surface area is 536 Å². The van der Waals surface area contributed by atoms with Gasteiger partial charge < -0.3 is 45.1 Å². The summed E-state index contributed by atoms with van der Waals surface area (Å²) in [7, 11) is 0. The lowest BCUT2D eigenvalue weighted by molar-refractivity contribution is -0.305. The summed E-state index contributed by atoms with van der Waals surface area (Å²) in [6.07, 6.45) is 70.1. The topological polar surface area (TPSA) is 175 Å². The third kappa shape index (κ3) is 50.9. The van der Waals surface area contributed by atoms with Crippen molar-refractivity contribution >= 4 is 11.9 Å². The normalized spacial score (nSPS) is 18.5. The van der Waals surface area contributed by atoms with Crippen LogP contribution in [0.4, 0.5) is 0 Å². The van der Waals surface area contributed by atoms with Crippen LogP contribution in [0.25, 0.3) is 0 Å². The third-order valence-electron chi connectivity index (χ3n) is 17.7. The number of rotatable bonds is 65. The van der Waals surface area contributed by atoms with Gasteiger partial charge in [0, 0.05) is 6.42 Å². The maximum atomic E-state index is 13.5. The van der Waals surface area contributed by atoms with Crippen molar-refractivity contribution in [3.8, 4) is 0 Å². The SMILES string of the molecule is CCCCC/C=C\C/C=C\CCCCCCCCCCCCCCCCCC(=O)OC1C(OCC(NC(=O)C(O)CCCCCCCCCCCC/C=C/CCCCCCCC)C(O)/C=C/CCCCCCCCCCCCC)OC(CO)C(O)C1O. The summed E-state index contributed by atoms with van der Waals surface area (Å²) >= 11 is 0. The molecule has 1 rings (SSSR count). The number of hydrogen-bond donors (Lipinski definition) is 6. The number of carbonyl (C=O) groups excluding carboxylic acids is 2. The van der Waals surface area contributed by atoms with Crippen molar-refractivity contribution in [3.05, 3.63) is 48.6 Å². The minimum Gasteiger partial charge on any atom is -0.454 e. The lowest BCUT2D eigenvalue weighted by Crippen LogP contribution is -2.61. The highest BCUT2D eigenvalue weighted by Gasteiger charge is 2.47. The average Bonchev–Trinajstić information content (AvgIpc) is 2.32. The van der Waals surface area contributed by atoms with Crippen LogP contribution in [-0.2, 0) is 23.8 Å². The number of carbonyl (C=O) groups is 2. The predicted octanol–water partition coefficient (Wildman–Crippen LogP) is 19.5. The molecule has 11 nitrogen and oxygen atoms in total. The summed E-state index contributed by atoms with van der Waals surface area (Å²) in [5, 5.41) is 57.3. The highest BCUT2D eigenvalue weighted by molar-refractivity contribution is 5.80. The minimum atomic E-state index is -1.61. The molecule has 0 bridgehead atoms. The van der Waals surface area contributed by atoms with Gasteiger partial charge in [-0.1, -0.05) is 320 Å². The van der Waals surface area contributed by atoms with Crippen LogP contribution in [0.2, 0.25) is 0 Å². The maximum Gasteiger partial charge on any atom is 0.306 e. The molecule has 8 unspecified atom stereocenters. The lowest BCUT2D eigenvalue weighted by atomic mass is 9.99.